The molecule has 1 saturated carbocycles. The number of carbonyl (C=O) groups excluding carboxylic acids is 1. The Bertz CT molecular complexity index is 1780. The van der Waals surface area contributed by atoms with Crippen molar-refractivity contribution in [1.82, 2.24) is 9.29 Å². The summed E-state index contributed by atoms with van der Waals surface area (Å²) in [6.07, 6.45) is 4.84. The minimum absolute atomic E-state index is 0.0468. The number of piperidine rings is 1. The maximum atomic E-state index is 13.5. The predicted molar refractivity (Wildman–Crippen MR) is 164 cm³/mol. The first-order valence-electron chi connectivity index (χ1n) is 14.7. The third kappa shape index (κ3) is 5.17. The molecule has 1 aromatic heterocycles. The number of nitrogens with zero attached hydrogens (tertiary/aromatic N) is 2. The zero-order valence-corrected chi connectivity index (χ0v) is 24.8. The smallest absolute Gasteiger partial charge is 0.243 e. The fourth-order valence-corrected chi connectivity index (χ4v) is 7.66. The molecule has 3 heterocycles. The van der Waals surface area contributed by atoms with Crippen molar-refractivity contribution in [3.8, 4) is 22.6 Å². The normalized spacial score (nSPS) is 17.9. The van der Waals surface area contributed by atoms with Crippen molar-refractivity contribution in [3.05, 3.63) is 102 Å². The first kappa shape index (κ1) is 27.6. The maximum Gasteiger partial charge on any atom is 0.243 e. The van der Waals surface area contributed by atoms with E-state index in [1.165, 1.54) is 0 Å². The van der Waals surface area contributed by atoms with Crippen LogP contribution in [0.15, 0.2) is 90.0 Å². The van der Waals surface area contributed by atoms with Crippen molar-refractivity contribution >= 4 is 21.6 Å². The summed E-state index contributed by atoms with van der Waals surface area (Å²) >= 11 is 0. The fourth-order valence-electron chi connectivity index (χ4n) is 6.19. The number of fused-ring (bicyclic) bond motifs is 1. The van der Waals surface area contributed by atoms with Gasteiger partial charge < -0.3 is 14.8 Å². The molecule has 1 amide bonds. The van der Waals surface area contributed by atoms with Crippen molar-refractivity contribution in [3.63, 3.8) is 0 Å². The molecule has 0 atom stereocenters. The van der Waals surface area contributed by atoms with Crippen LogP contribution in [0.4, 0.5) is 5.69 Å². The second-order valence-electron chi connectivity index (χ2n) is 11.6. The lowest BCUT2D eigenvalue weighted by molar-refractivity contribution is -0.118. The standard InChI is InChI=1S/C34H33N3O5S/c1-23-5-9-27(36-33(38)34(15-16-34)26-8-12-31-32(20-26)42-22-41-31)21-29(23)24-6-10-28(11-7-24)43(39,40)37-18-13-25(14-19-37)30-4-2-3-17-35-30/h2-12,17,20-21,25H,13-16,18-19,22H2,1H3,(H,36,38). The molecule has 220 valence electrons. The molecule has 3 aromatic carbocycles. The van der Waals surface area contributed by atoms with Crippen LogP contribution in [0.3, 0.4) is 0 Å². The summed E-state index contributed by atoms with van der Waals surface area (Å²) in [5.41, 5.74) is 4.93. The van der Waals surface area contributed by atoms with Gasteiger partial charge in [0.2, 0.25) is 22.7 Å². The summed E-state index contributed by atoms with van der Waals surface area (Å²) in [5.74, 6) is 1.60. The second kappa shape index (κ2) is 10.8. The largest absolute Gasteiger partial charge is 0.454 e. The van der Waals surface area contributed by atoms with E-state index >= 15 is 0 Å². The number of carbonyl (C=O) groups is 1. The second-order valence-corrected chi connectivity index (χ2v) is 13.5. The molecule has 2 fully saturated rings. The first-order chi connectivity index (χ1) is 20.8. The lowest BCUT2D eigenvalue weighted by Gasteiger charge is -2.31. The van der Waals surface area contributed by atoms with E-state index in [4.69, 9.17) is 9.47 Å². The molecule has 0 bridgehead atoms. The number of sulfonamides is 1. The molecule has 7 rings (SSSR count). The lowest BCUT2D eigenvalue weighted by Crippen LogP contribution is -2.38. The number of ether oxygens (including phenoxy) is 2. The average molecular weight is 596 g/mol. The Kier molecular flexibility index (Phi) is 6.94. The van der Waals surface area contributed by atoms with Gasteiger partial charge in [0.25, 0.3) is 0 Å². The summed E-state index contributed by atoms with van der Waals surface area (Å²) in [6, 6.07) is 24.5. The minimum Gasteiger partial charge on any atom is -0.454 e. The van der Waals surface area contributed by atoms with Gasteiger partial charge in [-0.1, -0.05) is 30.3 Å². The van der Waals surface area contributed by atoms with Crippen LogP contribution < -0.4 is 14.8 Å². The van der Waals surface area contributed by atoms with E-state index < -0.39 is 15.4 Å². The third-order valence-corrected chi connectivity index (χ3v) is 10.9. The Morgan fingerprint density at radius 1 is 0.930 bits per heavy atom. The third-order valence-electron chi connectivity index (χ3n) is 8.97. The number of pyridine rings is 1. The van der Waals surface area contributed by atoms with Crippen LogP contribution in [0.5, 0.6) is 11.5 Å². The zero-order valence-electron chi connectivity index (χ0n) is 24.0. The summed E-state index contributed by atoms with van der Waals surface area (Å²) in [7, 11) is -3.60. The van der Waals surface area contributed by atoms with E-state index in [1.54, 1.807) is 22.6 Å². The van der Waals surface area contributed by atoms with Gasteiger partial charge in [0, 0.05) is 36.6 Å². The number of nitrogens with one attached hydrogen (secondary N) is 1. The molecule has 9 heteroatoms. The average Bonchev–Trinajstić information content (AvgIpc) is 3.73. The Balaban J connectivity index is 1.05. The molecule has 4 aromatic rings. The van der Waals surface area contributed by atoms with Crippen LogP contribution in [0.2, 0.25) is 0 Å². The van der Waals surface area contributed by atoms with Crippen LogP contribution in [0, 0.1) is 6.92 Å². The van der Waals surface area contributed by atoms with Crippen LogP contribution in [-0.2, 0) is 20.2 Å². The van der Waals surface area contributed by atoms with Crippen molar-refractivity contribution in [2.75, 3.05) is 25.2 Å². The zero-order chi connectivity index (χ0) is 29.6. The Labute approximate surface area is 251 Å². The maximum absolute atomic E-state index is 13.5. The van der Waals surface area contributed by atoms with Crippen molar-refractivity contribution < 1.29 is 22.7 Å². The van der Waals surface area contributed by atoms with Gasteiger partial charge >= 0.3 is 0 Å². The van der Waals surface area contributed by atoms with E-state index in [0.29, 0.717) is 30.3 Å². The number of anilines is 1. The Morgan fingerprint density at radius 2 is 1.70 bits per heavy atom. The molecule has 2 aliphatic heterocycles. The molecule has 0 spiro atoms. The highest BCUT2D eigenvalue weighted by atomic mass is 32.2. The van der Waals surface area contributed by atoms with Gasteiger partial charge in [-0.25, -0.2) is 8.42 Å². The highest BCUT2D eigenvalue weighted by Crippen LogP contribution is 2.51. The summed E-state index contributed by atoms with van der Waals surface area (Å²) < 4.78 is 39.4. The molecule has 1 saturated heterocycles. The summed E-state index contributed by atoms with van der Waals surface area (Å²) in [4.78, 5) is 18.2. The number of aryl methyl sites for hydroxylation is 1. The molecule has 1 aliphatic carbocycles. The van der Waals surface area contributed by atoms with Crippen LogP contribution in [0.1, 0.15) is 48.4 Å². The van der Waals surface area contributed by atoms with Crippen molar-refractivity contribution in [2.24, 2.45) is 0 Å². The topological polar surface area (TPSA) is 97.8 Å². The summed E-state index contributed by atoms with van der Waals surface area (Å²) in [6.45, 7) is 3.15. The number of benzene rings is 3. The molecule has 3 aliphatic rings. The fraction of sp³-hybridized carbons (Fsp3) is 0.294. The number of rotatable bonds is 7. The highest BCUT2D eigenvalue weighted by Gasteiger charge is 2.51. The number of aromatic nitrogens is 1. The van der Waals surface area contributed by atoms with Crippen LogP contribution in [-0.4, -0.2) is 43.5 Å². The minimum atomic E-state index is -3.60. The predicted octanol–water partition coefficient (Wildman–Crippen LogP) is 6.02. The monoisotopic (exact) mass is 595 g/mol. The van der Waals surface area contributed by atoms with Gasteiger partial charge in [-0.15, -0.1) is 0 Å². The van der Waals surface area contributed by atoms with Gasteiger partial charge in [0.05, 0.1) is 10.3 Å². The molecule has 0 unspecified atom stereocenters. The molecular weight excluding hydrogens is 562 g/mol. The quantitative estimate of drug-likeness (QED) is 0.281. The van der Waals surface area contributed by atoms with Gasteiger partial charge in [0.1, 0.15) is 0 Å². The van der Waals surface area contributed by atoms with Gasteiger partial charge in [-0.2, -0.15) is 4.31 Å². The SMILES string of the molecule is Cc1ccc(NC(=O)C2(c3ccc4c(c3)OCO4)CC2)cc1-c1ccc(S(=O)(=O)N2CCC(c3ccccn3)CC2)cc1. The van der Waals surface area contributed by atoms with Crippen LogP contribution >= 0.6 is 0 Å². The molecule has 0 radical (unpaired) electrons. The lowest BCUT2D eigenvalue weighted by atomic mass is 9.94. The van der Waals surface area contributed by atoms with E-state index in [9.17, 15) is 13.2 Å². The van der Waals surface area contributed by atoms with E-state index in [1.807, 2.05) is 73.7 Å². The summed E-state index contributed by atoms with van der Waals surface area (Å²) in [5, 5.41) is 3.12. The number of hydrogen-bond donors (Lipinski definition) is 1. The Hall–Kier alpha value is -4.21. The van der Waals surface area contributed by atoms with E-state index in [-0.39, 0.29) is 23.5 Å². The van der Waals surface area contributed by atoms with E-state index in [2.05, 4.69) is 10.3 Å². The highest BCUT2D eigenvalue weighted by molar-refractivity contribution is 7.89. The first-order valence-corrected chi connectivity index (χ1v) is 16.1. The number of amides is 1. The van der Waals surface area contributed by atoms with E-state index in [0.717, 1.165) is 53.6 Å². The van der Waals surface area contributed by atoms with Crippen LogP contribution in [0.25, 0.3) is 11.1 Å². The molecule has 1 N–H and O–H groups in total. The van der Waals surface area contributed by atoms with Gasteiger partial charge in [-0.05, 0) is 103 Å². The molecule has 8 nitrogen and oxygen atoms in total. The number of hydrogen-bond acceptors (Lipinski definition) is 6. The molecular formula is C34H33N3O5S. The molecule has 43 heavy (non-hydrogen) atoms. The van der Waals surface area contributed by atoms with Crippen molar-refractivity contribution in [1.29, 1.82) is 0 Å². The van der Waals surface area contributed by atoms with Gasteiger partial charge in [-0.3, -0.25) is 9.78 Å². The Morgan fingerprint density at radius 3 is 2.42 bits per heavy atom. The van der Waals surface area contributed by atoms with Gasteiger partial charge in [0.15, 0.2) is 11.5 Å². The van der Waals surface area contributed by atoms with Crippen molar-refractivity contribution in [2.45, 2.75) is 48.8 Å².